The van der Waals surface area contributed by atoms with Crippen LogP contribution in [-0.4, -0.2) is 22.3 Å². The molecule has 0 atom stereocenters. The smallest absolute Gasteiger partial charge is 0.144 e. The maximum absolute atomic E-state index is 4.40. The zero-order chi connectivity index (χ0) is 12.5. The lowest BCUT2D eigenvalue weighted by molar-refractivity contribution is 0.632. The fourth-order valence-electron chi connectivity index (χ4n) is 1.27. The molecule has 0 saturated carbocycles. The Morgan fingerprint density at radius 3 is 2.71 bits per heavy atom. The van der Waals surface area contributed by atoms with Crippen LogP contribution in [0.2, 0.25) is 0 Å². The summed E-state index contributed by atoms with van der Waals surface area (Å²) in [6, 6.07) is 0. The normalized spacial score (nSPS) is 10.8. The second-order valence-electron chi connectivity index (χ2n) is 4.55. The molecule has 0 amide bonds. The number of nitrogens with zero attached hydrogens (tertiary/aromatic N) is 2. The van der Waals surface area contributed by atoms with E-state index in [-0.39, 0.29) is 0 Å². The Morgan fingerprint density at radius 2 is 2.12 bits per heavy atom. The average Bonchev–Trinajstić information content (AvgIpc) is 2.33. The summed E-state index contributed by atoms with van der Waals surface area (Å²) >= 11 is 1.94. The topological polar surface area (TPSA) is 37.8 Å². The van der Waals surface area contributed by atoms with E-state index >= 15 is 0 Å². The van der Waals surface area contributed by atoms with Gasteiger partial charge in [0.15, 0.2) is 0 Å². The molecule has 0 aromatic carbocycles. The van der Waals surface area contributed by atoms with Gasteiger partial charge in [0.25, 0.3) is 0 Å². The zero-order valence-corrected chi connectivity index (χ0v) is 11.9. The quantitative estimate of drug-likeness (QED) is 0.719. The largest absolute Gasteiger partial charge is 0.369 e. The van der Waals surface area contributed by atoms with Crippen molar-refractivity contribution in [2.75, 3.05) is 17.6 Å². The van der Waals surface area contributed by atoms with E-state index < -0.39 is 0 Å². The Hall–Kier alpha value is -0.770. The Bertz CT molecular complexity index is 298. The first kappa shape index (κ1) is 14.3. The van der Waals surface area contributed by atoms with Gasteiger partial charge in [0.05, 0.1) is 18.1 Å². The third kappa shape index (κ3) is 6.51. The van der Waals surface area contributed by atoms with Gasteiger partial charge in [0.2, 0.25) is 0 Å². The minimum Gasteiger partial charge on any atom is -0.369 e. The second kappa shape index (κ2) is 8.34. The first-order valence-electron chi connectivity index (χ1n) is 6.35. The maximum atomic E-state index is 4.40. The molecule has 1 N–H and O–H groups in total. The monoisotopic (exact) mass is 253 g/mol. The van der Waals surface area contributed by atoms with Crippen molar-refractivity contribution < 1.29 is 0 Å². The third-order valence-corrected chi connectivity index (χ3v) is 3.38. The molecule has 1 heterocycles. The predicted molar refractivity (Wildman–Crippen MR) is 76.4 cm³/mol. The minimum atomic E-state index is 0.786. The Balaban J connectivity index is 2.25. The molecular formula is C13H23N3S. The van der Waals surface area contributed by atoms with E-state index in [0.717, 1.165) is 36.1 Å². The standard InChI is InChI=1S/C13H23N3S/c1-4-6-14-13-9-15-12(8-16-13)10-17-7-5-11(2)3/h8-9,11H,4-7,10H2,1-3H3,(H,14,16). The summed E-state index contributed by atoms with van der Waals surface area (Å²) in [6.07, 6.45) is 6.08. The van der Waals surface area contributed by atoms with Crippen LogP contribution >= 0.6 is 11.8 Å². The van der Waals surface area contributed by atoms with Gasteiger partial charge in [-0.05, 0) is 24.5 Å². The number of rotatable bonds is 8. The fraction of sp³-hybridized carbons (Fsp3) is 0.692. The van der Waals surface area contributed by atoms with Crippen molar-refractivity contribution in [3.8, 4) is 0 Å². The number of nitrogens with one attached hydrogen (secondary N) is 1. The fourth-order valence-corrected chi connectivity index (χ4v) is 2.41. The van der Waals surface area contributed by atoms with E-state index in [0.29, 0.717) is 0 Å². The van der Waals surface area contributed by atoms with Crippen molar-refractivity contribution in [2.24, 2.45) is 5.92 Å². The first-order chi connectivity index (χ1) is 8.22. The average molecular weight is 253 g/mol. The number of aromatic nitrogens is 2. The molecule has 0 fully saturated rings. The van der Waals surface area contributed by atoms with Crippen LogP contribution in [-0.2, 0) is 5.75 Å². The van der Waals surface area contributed by atoms with Gasteiger partial charge in [0, 0.05) is 12.3 Å². The number of anilines is 1. The molecule has 0 saturated heterocycles. The molecule has 1 aromatic heterocycles. The van der Waals surface area contributed by atoms with E-state index in [9.17, 15) is 0 Å². The van der Waals surface area contributed by atoms with Gasteiger partial charge in [-0.3, -0.25) is 4.98 Å². The van der Waals surface area contributed by atoms with Gasteiger partial charge in [-0.1, -0.05) is 20.8 Å². The molecule has 0 spiro atoms. The summed E-state index contributed by atoms with van der Waals surface area (Å²) in [5, 5.41) is 3.22. The molecule has 3 nitrogen and oxygen atoms in total. The Morgan fingerprint density at radius 1 is 1.29 bits per heavy atom. The summed E-state index contributed by atoms with van der Waals surface area (Å²) in [4.78, 5) is 8.75. The Labute approximate surface area is 109 Å². The van der Waals surface area contributed by atoms with Crippen molar-refractivity contribution in [1.29, 1.82) is 0 Å². The molecular weight excluding hydrogens is 230 g/mol. The SMILES string of the molecule is CCCNc1cnc(CSCCC(C)C)cn1. The molecule has 0 unspecified atom stereocenters. The third-order valence-electron chi connectivity index (χ3n) is 2.35. The van der Waals surface area contributed by atoms with Gasteiger partial charge in [0.1, 0.15) is 5.82 Å². The van der Waals surface area contributed by atoms with Crippen LogP contribution in [0.4, 0.5) is 5.82 Å². The van der Waals surface area contributed by atoms with Crippen molar-refractivity contribution >= 4 is 17.6 Å². The predicted octanol–water partition coefficient (Wildman–Crippen LogP) is 3.58. The van der Waals surface area contributed by atoms with Crippen LogP contribution in [0.25, 0.3) is 0 Å². The van der Waals surface area contributed by atoms with Crippen molar-refractivity contribution in [1.82, 2.24) is 9.97 Å². The van der Waals surface area contributed by atoms with Gasteiger partial charge in [-0.15, -0.1) is 0 Å². The van der Waals surface area contributed by atoms with Gasteiger partial charge in [-0.2, -0.15) is 11.8 Å². The highest BCUT2D eigenvalue weighted by molar-refractivity contribution is 7.98. The van der Waals surface area contributed by atoms with Crippen molar-refractivity contribution in [3.05, 3.63) is 18.1 Å². The number of thioether (sulfide) groups is 1. The van der Waals surface area contributed by atoms with E-state index in [1.54, 1.807) is 0 Å². The lowest BCUT2D eigenvalue weighted by Crippen LogP contribution is -2.03. The molecule has 0 aliphatic rings. The molecule has 4 heteroatoms. The maximum Gasteiger partial charge on any atom is 0.144 e. The number of hydrogen-bond acceptors (Lipinski definition) is 4. The lowest BCUT2D eigenvalue weighted by atomic mass is 10.2. The molecule has 0 radical (unpaired) electrons. The minimum absolute atomic E-state index is 0.786. The van der Waals surface area contributed by atoms with E-state index in [1.807, 2.05) is 24.2 Å². The highest BCUT2D eigenvalue weighted by Crippen LogP contribution is 2.14. The molecule has 0 aliphatic carbocycles. The molecule has 96 valence electrons. The van der Waals surface area contributed by atoms with Crippen LogP contribution in [0.1, 0.15) is 39.3 Å². The van der Waals surface area contributed by atoms with E-state index in [2.05, 4.69) is 36.1 Å². The summed E-state index contributed by atoms with van der Waals surface area (Å²) in [6.45, 7) is 7.61. The van der Waals surface area contributed by atoms with Crippen LogP contribution in [0.3, 0.4) is 0 Å². The van der Waals surface area contributed by atoms with Crippen LogP contribution in [0, 0.1) is 5.92 Å². The molecule has 1 aromatic rings. The van der Waals surface area contributed by atoms with Gasteiger partial charge < -0.3 is 5.32 Å². The zero-order valence-electron chi connectivity index (χ0n) is 11.1. The molecule has 17 heavy (non-hydrogen) atoms. The van der Waals surface area contributed by atoms with Gasteiger partial charge >= 0.3 is 0 Å². The molecule has 0 bridgehead atoms. The number of hydrogen-bond donors (Lipinski definition) is 1. The lowest BCUT2D eigenvalue weighted by Gasteiger charge is -2.05. The van der Waals surface area contributed by atoms with Crippen molar-refractivity contribution in [3.63, 3.8) is 0 Å². The summed E-state index contributed by atoms with van der Waals surface area (Å²) in [7, 11) is 0. The van der Waals surface area contributed by atoms with E-state index in [1.165, 1.54) is 12.2 Å². The summed E-state index contributed by atoms with van der Waals surface area (Å²) in [5.41, 5.74) is 1.07. The molecule has 0 aliphatic heterocycles. The van der Waals surface area contributed by atoms with Crippen LogP contribution < -0.4 is 5.32 Å². The summed E-state index contributed by atoms with van der Waals surface area (Å²) in [5.74, 6) is 3.83. The van der Waals surface area contributed by atoms with Crippen molar-refractivity contribution in [2.45, 2.75) is 39.4 Å². The Kier molecular flexibility index (Phi) is 7.01. The van der Waals surface area contributed by atoms with Crippen LogP contribution in [0.5, 0.6) is 0 Å². The van der Waals surface area contributed by atoms with E-state index in [4.69, 9.17) is 0 Å². The first-order valence-corrected chi connectivity index (χ1v) is 7.50. The highest BCUT2D eigenvalue weighted by atomic mass is 32.2. The summed E-state index contributed by atoms with van der Waals surface area (Å²) < 4.78 is 0. The second-order valence-corrected chi connectivity index (χ2v) is 5.66. The highest BCUT2D eigenvalue weighted by Gasteiger charge is 1.99. The van der Waals surface area contributed by atoms with Gasteiger partial charge in [-0.25, -0.2) is 4.98 Å². The molecule has 1 rings (SSSR count). The van der Waals surface area contributed by atoms with Crippen LogP contribution in [0.15, 0.2) is 12.4 Å².